The van der Waals surface area contributed by atoms with E-state index in [1.807, 2.05) is 0 Å². The number of carboxylic acid groups (broad SMARTS) is 1. The molecule has 74 valence electrons. The number of aliphatic hydroxyl groups is 1. The summed E-state index contributed by atoms with van der Waals surface area (Å²) in [4.78, 5) is 9.24. The highest BCUT2D eigenvalue weighted by molar-refractivity contribution is 5.68. The van der Waals surface area contributed by atoms with Crippen LogP contribution in [0.5, 0.6) is 0 Å². The molecular weight excluding hydrogens is 164 g/mol. The van der Waals surface area contributed by atoms with Gasteiger partial charge in [0.05, 0.1) is 26.4 Å². The fourth-order valence-electron chi connectivity index (χ4n) is 0.250. The van der Waals surface area contributed by atoms with Crippen molar-refractivity contribution in [3.05, 3.63) is 0 Å². The quantitative estimate of drug-likeness (QED) is 0.363. The van der Waals surface area contributed by atoms with Gasteiger partial charge in [-0.1, -0.05) is 0 Å². The second kappa shape index (κ2) is 12.9. The zero-order valence-corrected chi connectivity index (χ0v) is 6.90. The molecule has 0 rings (SSSR count). The van der Waals surface area contributed by atoms with E-state index in [1.54, 1.807) is 0 Å². The largest absolute Gasteiger partial charge is 0.480 e. The van der Waals surface area contributed by atoms with Gasteiger partial charge in [-0.25, -0.2) is 0 Å². The minimum atomic E-state index is -0.968. The van der Waals surface area contributed by atoms with Crippen LogP contribution in [0.15, 0.2) is 0 Å². The van der Waals surface area contributed by atoms with Crippen molar-refractivity contribution in [1.82, 2.24) is 0 Å². The third-order valence-electron chi connectivity index (χ3n) is 0.672. The van der Waals surface area contributed by atoms with Crippen molar-refractivity contribution in [2.24, 2.45) is 11.5 Å². The van der Waals surface area contributed by atoms with Crippen LogP contribution in [0, 0.1) is 0 Å². The summed E-state index contributed by atoms with van der Waals surface area (Å²) in [5.74, 6) is -0.968. The molecule has 0 atom stereocenters. The molecule has 6 heteroatoms. The van der Waals surface area contributed by atoms with E-state index in [9.17, 15) is 4.79 Å². The molecule has 0 radical (unpaired) electrons. The monoisotopic (exact) mass is 180 g/mol. The lowest BCUT2D eigenvalue weighted by Gasteiger charge is -1.95. The van der Waals surface area contributed by atoms with Crippen LogP contribution in [0.4, 0.5) is 0 Å². The molecule has 0 aliphatic rings. The Bertz CT molecular complexity index is 95.5. The topological polar surface area (TPSA) is 119 Å². The maximum absolute atomic E-state index is 9.24. The molecule has 0 unspecified atom stereocenters. The standard InChI is InChI=1S/C4H11NO2.C2H5NO2/c5-1-3-7-4-2-6;3-1-2(4)5/h6H,1-5H2;1,3H2,(H,4,5). The van der Waals surface area contributed by atoms with E-state index in [0.29, 0.717) is 19.8 Å². The molecule has 0 aliphatic heterocycles. The molecule has 12 heavy (non-hydrogen) atoms. The van der Waals surface area contributed by atoms with E-state index in [0.717, 1.165) is 0 Å². The summed E-state index contributed by atoms with van der Waals surface area (Å²) in [6.07, 6.45) is 0. The number of hydrogen-bond acceptors (Lipinski definition) is 5. The normalized spacial score (nSPS) is 8.58. The first-order chi connectivity index (χ1) is 5.68. The Labute approximate surface area is 71.1 Å². The number of hydrogen-bond donors (Lipinski definition) is 4. The number of aliphatic carboxylic acids is 1. The summed E-state index contributed by atoms with van der Waals surface area (Å²) in [7, 11) is 0. The molecule has 0 spiro atoms. The lowest BCUT2D eigenvalue weighted by Crippen LogP contribution is -2.10. The van der Waals surface area contributed by atoms with Crippen LogP contribution < -0.4 is 11.5 Å². The molecule has 0 aliphatic carbocycles. The number of nitrogens with two attached hydrogens (primary N) is 2. The Morgan fingerprint density at radius 1 is 1.33 bits per heavy atom. The molecule has 0 aromatic carbocycles. The predicted octanol–water partition coefficient (Wildman–Crippen LogP) is -2.02. The van der Waals surface area contributed by atoms with Gasteiger partial charge in [0.2, 0.25) is 0 Å². The lowest BCUT2D eigenvalue weighted by atomic mass is 10.7. The van der Waals surface area contributed by atoms with Crippen LogP contribution in [0.3, 0.4) is 0 Å². The molecule has 0 aromatic rings. The number of carboxylic acids is 1. The van der Waals surface area contributed by atoms with Gasteiger partial charge in [-0.15, -0.1) is 0 Å². The summed E-state index contributed by atoms with van der Waals surface area (Å²) in [5, 5.41) is 15.7. The highest BCUT2D eigenvalue weighted by Gasteiger charge is 1.81. The highest BCUT2D eigenvalue weighted by atomic mass is 16.5. The smallest absolute Gasteiger partial charge is 0.317 e. The molecule has 6 nitrogen and oxygen atoms in total. The van der Waals surface area contributed by atoms with Crippen molar-refractivity contribution in [3.8, 4) is 0 Å². The van der Waals surface area contributed by atoms with Crippen LogP contribution >= 0.6 is 0 Å². The first-order valence-corrected chi connectivity index (χ1v) is 3.49. The van der Waals surface area contributed by atoms with Gasteiger partial charge in [0.15, 0.2) is 0 Å². The molecule has 0 saturated carbocycles. The van der Waals surface area contributed by atoms with Crippen molar-refractivity contribution in [2.75, 3.05) is 32.9 Å². The summed E-state index contributed by atoms with van der Waals surface area (Å²) in [6.45, 7) is 1.28. The van der Waals surface area contributed by atoms with Gasteiger partial charge in [-0.05, 0) is 0 Å². The number of ether oxygens (including phenoxy) is 1. The van der Waals surface area contributed by atoms with E-state index >= 15 is 0 Å². The second-order valence-corrected chi connectivity index (χ2v) is 1.72. The maximum atomic E-state index is 9.24. The van der Waals surface area contributed by atoms with Crippen molar-refractivity contribution in [3.63, 3.8) is 0 Å². The Morgan fingerprint density at radius 3 is 2.08 bits per heavy atom. The van der Waals surface area contributed by atoms with Gasteiger partial charge in [0, 0.05) is 6.54 Å². The molecular formula is C6H16N2O4. The van der Waals surface area contributed by atoms with Gasteiger partial charge in [-0.2, -0.15) is 0 Å². The van der Waals surface area contributed by atoms with Crippen molar-refractivity contribution in [2.45, 2.75) is 0 Å². The van der Waals surface area contributed by atoms with Crippen LogP contribution in [-0.4, -0.2) is 49.1 Å². The number of aliphatic hydroxyl groups excluding tert-OH is 1. The SMILES string of the molecule is NCC(=O)O.NCCOCCO. The number of carbonyl (C=O) groups is 1. The van der Waals surface area contributed by atoms with E-state index in [1.165, 1.54) is 0 Å². The second-order valence-electron chi connectivity index (χ2n) is 1.72. The first-order valence-electron chi connectivity index (χ1n) is 3.49. The zero-order valence-electron chi connectivity index (χ0n) is 6.90. The summed E-state index contributed by atoms with van der Waals surface area (Å²) >= 11 is 0. The predicted molar refractivity (Wildman–Crippen MR) is 43.6 cm³/mol. The fraction of sp³-hybridized carbons (Fsp3) is 0.833. The average molecular weight is 180 g/mol. The molecule has 0 aromatic heterocycles. The molecule has 0 heterocycles. The molecule has 0 bridgehead atoms. The molecule has 0 amide bonds. The Balaban J connectivity index is 0. The maximum Gasteiger partial charge on any atom is 0.317 e. The van der Waals surface area contributed by atoms with Crippen molar-refractivity contribution >= 4 is 5.97 Å². The van der Waals surface area contributed by atoms with E-state index in [4.69, 9.17) is 20.7 Å². The van der Waals surface area contributed by atoms with Crippen LogP contribution in [0.25, 0.3) is 0 Å². The van der Waals surface area contributed by atoms with Crippen LogP contribution in [-0.2, 0) is 9.53 Å². The molecule has 0 saturated heterocycles. The minimum Gasteiger partial charge on any atom is -0.480 e. The van der Waals surface area contributed by atoms with Gasteiger partial charge >= 0.3 is 5.97 Å². The first kappa shape index (κ1) is 13.9. The summed E-state index contributed by atoms with van der Waals surface area (Å²) in [5.41, 5.74) is 9.63. The van der Waals surface area contributed by atoms with Gasteiger partial charge in [0.1, 0.15) is 0 Å². The van der Waals surface area contributed by atoms with Crippen molar-refractivity contribution in [1.29, 1.82) is 0 Å². The molecule has 6 N–H and O–H groups in total. The lowest BCUT2D eigenvalue weighted by molar-refractivity contribution is -0.135. The van der Waals surface area contributed by atoms with E-state index < -0.39 is 5.97 Å². The van der Waals surface area contributed by atoms with Crippen molar-refractivity contribution < 1.29 is 19.7 Å². The highest BCUT2D eigenvalue weighted by Crippen LogP contribution is 1.66. The third kappa shape index (κ3) is 22.8. The van der Waals surface area contributed by atoms with E-state index in [2.05, 4.69) is 5.73 Å². The average Bonchev–Trinajstić information content (AvgIpc) is 2.07. The van der Waals surface area contributed by atoms with Gasteiger partial charge in [-0.3, -0.25) is 4.79 Å². The summed E-state index contributed by atoms with van der Waals surface area (Å²) in [6, 6.07) is 0. The Kier molecular flexibility index (Phi) is 15.0. The zero-order chi connectivity index (χ0) is 9.82. The fourth-order valence-corrected chi connectivity index (χ4v) is 0.250. The number of rotatable bonds is 5. The van der Waals surface area contributed by atoms with Crippen LogP contribution in [0.2, 0.25) is 0 Å². The Morgan fingerprint density at radius 2 is 1.83 bits per heavy atom. The van der Waals surface area contributed by atoms with Crippen LogP contribution in [0.1, 0.15) is 0 Å². The van der Waals surface area contributed by atoms with Gasteiger partial charge < -0.3 is 26.4 Å². The third-order valence-corrected chi connectivity index (χ3v) is 0.672. The molecule has 0 fully saturated rings. The van der Waals surface area contributed by atoms with Gasteiger partial charge in [0.25, 0.3) is 0 Å². The Hall–Kier alpha value is -0.690. The minimum absolute atomic E-state index is 0.0833. The van der Waals surface area contributed by atoms with E-state index in [-0.39, 0.29) is 13.2 Å². The summed E-state index contributed by atoms with van der Waals surface area (Å²) < 4.78 is 4.76.